The number of halogens is 1. The molecule has 2 aromatic rings. The van der Waals surface area contributed by atoms with Crippen molar-refractivity contribution in [2.45, 2.75) is 64.2 Å². The zero-order valence-corrected chi connectivity index (χ0v) is 19.7. The van der Waals surface area contributed by atoms with E-state index in [0.717, 1.165) is 37.1 Å². The highest BCUT2D eigenvalue weighted by Gasteiger charge is 2.60. The van der Waals surface area contributed by atoms with Crippen molar-refractivity contribution in [3.8, 4) is 5.69 Å². The molecule has 7 heteroatoms. The first kappa shape index (κ1) is 21.5. The normalized spacial score (nSPS) is 30.4. The van der Waals surface area contributed by atoms with Crippen LogP contribution >= 0.6 is 11.6 Å². The molecular formula is C25H30ClN3O3. The van der Waals surface area contributed by atoms with Gasteiger partial charge in [0.1, 0.15) is 0 Å². The van der Waals surface area contributed by atoms with Crippen LogP contribution in [0.25, 0.3) is 5.69 Å². The lowest BCUT2D eigenvalue weighted by Gasteiger charge is -2.58. The van der Waals surface area contributed by atoms with Crippen molar-refractivity contribution in [1.29, 1.82) is 0 Å². The van der Waals surface area contributed by atoms with Crippen LogP contribution in [0.2, 0.25) is 0 Å². The summed E-state index contributed by atoms with van der Waals surface area (Å²) in [6, 6.07) is 8.05. The molecule has 1 amide bonds. The fourth-order valence-corrected chi connectivity index (χ4v) is 7.30. The van der Waals surface area contributed by atoms with Crippen molar-refractivity contribution in [3.05, 3.63) is 41.2 Å². The third-order valence-corrected chi connectivity index (χ3v) is 8.03. The Labute approximate surface area is 193 Å². The van der Waals surface area contributed by atoms with Crippen molar-refractivity contribution in [1.82, 2.24) is 9.78 Å². The number of esters is 1. The Hall–Kier alpha value is -2.34. The molecule has 4 saturated carbocycles. The number of carbonyl (C=O) groups excluding carboxylic acids is 2. The van der Waals surface area contributed by atoms with Gasteiger partial charge in [-0.2, -0.15) is 5.10 Å². The van der Waals surface area contributed by atoms with Gasteiger partial charge in [0.25, 0.3) is 5.91 Å². The molecule has 0 saturated heterocycles. The maximum atomic E-state index is 13.1. The average molecular weight is 456 g/mol. The van der Waals surface area contributed by atoms with Crippen LogP contribution in [0.4, 0.5) is 5.69 Å². The van der Waals surface area contributed by atoms with Crippen LogP contribution in [-0.2, 0) is 14.3 Å². The summed E-state index contributed by atoms with van der Waals surface area (Å²) in [5, 5.41) is 7.46. The molecular weight excluding hydrogens is 426 g/mol. The summed E-state index contributed by atoms with van der Waals surface area (Å²) in [4.78, 5) is 25.5. The molecule has 1 N–H and O–H groups in total. The number of nitrogens with zero attached hydrogens (tertiary/aromatic N) is 2. The van der Waals surface area contributed by atoms with Gasteiger partial charge in [0.05, 0.1) is 28.2 Å². The number of aryl methyl sites for hydroxylation is 2. The highest BCUT2D eigenvalue weighted by molar-refractivity contribution is 6.24. The summed E-state index contributed by atoms with van der Waals surface area (Å²) in [5.41, 5.74) is 3.80. The predicted octanol–water partition coefficient (Wildman–Crippen LogP) is 4.86. The molecule has 1 heterocycles. The van der Waals surface area contributed by atoms with Crippen molar-refractivity contribution in [2.75, 3.05) is 11.9 Å². The van der Waals surface area contributed by atoms with Crippen molar-refractivity contribution in [3.63, 3.8) is 0 Å². The van der Waals surface area contributed by atoms with Crippen molar-refractivity contribution in [2.24, 2.45) is 17.3 Å². The second-order valence-corrected chi connectivity index (χ2v) is 11.1. The largest absolute Gasteiger partial charge is 0.455 e. The molecule has 170 valence electrons. The molecule has 1 aromatic carbocycles. The maximum absolute atomic E-state index is 13.1. The van der Waals surface area contributed by atoms with E-state index >= 15 is 0 Å². The van der Waals surface area contributed by atoms with E-state index in [1.54, 1.807) is 0 Å². The lowest BCUT2D eigenvalue weighted by atomic mass is 9.49. The molecule has 4 aliphatic carbocycles. The Kier molecular flexibility index (Phi) is 5.12. The number of carbonyl (C=O) groups is 2. The van der Waals surface area contributed by atoms with Gasteiger partial charge < -0.3 is 10.1 Å². The highest BCUT2D eigenvalue weighted by Crippen LogP contribution is 2.64. The van der Waals surface area contributed by atoms with Crippen LogP contribution in [0, 0.1) is 38.0 Å². The van der Waals surface area contributed by atoms with Gasteiger partial charge in [0.2, 0.25) is 0 Å². The number of nitrogens with one attached hydrogen (secondary N) is 1. The minimum atomic E-state index is -0.506. The molecule has 6 nitrogen and oxygen atoms in total. The minimum Gasteiger partial charge on any atom is -0.455 e. The molecule has 1 aromatic heterocycles. The van der Waals surface area contributed by atoms with Gasteiger partial charge in [-0.25, -0.2) is 4.68 Å². The number of aromatic nitrogens is 2. The van der Waals surface area contributed by atoms with Gasteiger partial charge in [0, 0.05) is 4.87 Å². The highest BCUT2D eigenvalue weighted by atomic mass is 35.5. The standard InChI is InChI=1S/C25H30ClN3O3/c1-15-4-6-20(7-5-15)29-17(3)22(16(2)28-29)27-21(30)13-32-23(31)24-9-18-8-19(10-24)12-25(26,11-18)14-24/h4-7,18-19H,8-14H2,1-3H3,(H,27,30)/t18-,19-,24?,25?/m1/s1. The quantitative estimate of drug-likeness (QED) is 0.516. The van der Waals surface area contributed by atoms with Crippen molar-refractivity contribution < 1.29 is 14.3 Å². The first-order chi connectivity index (χ1) is 15.2. The molecule has 0 unspecified atom stereocenters. The summed E-state index contributed by atoms with van der Waals surface area (Å²) in [6.07, 6.45) is 5.55. The fourth-order valence-electron chi connectivity index (χ4n) is 6.61. The predicted molar refractivity (Wildman–Crippen MR) is 123 cm³/mol. The molecule has 4 bridgehead atoms. The first-order valence-electron chi connectivity index (χ1n) is 11.5. The lowest BCUT2D eigenvalue weighted by Crippen LogP contribution is -2.56. The van der Waals surface area contributed by atoms with E-state index in [1.165, 1.54) is 12.0 Å². The van der Waals surface area contributed by atoms with Crippen LogP contribution in [0.5, 0.6) is 0 Å². The number of rotatable bonds is 5. The minimum absolute atomic E-state index is 0.254. The van der Waals surface area contributed by atoms with E-state index in [1.807, 2.05) is 49.7 Å². The zero-order valence-electron chi connectivity index (χ0n) is 18.9. The third kappa shape index (κ3) is 3.72. The van der Waals surface area contributed by atoms with Crippen LogP contribution in [-0.4, -0.2) is 33.1 Å². The molecule has 0 aliphatic heterocycles. The average Bonchev–Trinajstić information content (AvgIpc) is 2.99. The Morgan fingerprint density at radius 2 is 1.78 bits per heavy atom. The fraction of sp³-hybridized carbons (Fsp3) is 0.560. The zero-order chi connectivity index (χ0) is 22.7. The van der Waals surface area contributed by atoms with Crippen LogP contribution in [0.1, 0.15) is 55.5 Å². The molecule has 0 spiro atoms. The number of alkyl halides is 1. The first-order valence-corrected chi connectivity index (χ1v) is 11.8. The topological polar surface area (TPSA) is 73.2 Å². The van der Waals surface area contributed by atoms with Gasteiger partial charge in [0.15, 0.2) is 6.61 Å². The Morgan fingerprint density at radius 1 is 1.12 bits per heavy atom. The van der Waals surface area contributed by atoms with E-state index in [4.69, 9.17) is 16.3 Å². The van der Waals surface area contributed by atoms with Crippen LogP contribution < -0.4 is 5.32 Å². The van der Waals surface area contributed by atoms with E-state index in [-0.39, 0.29) is 23.4 Å². The van der Waals surface area contributed by atoms with Gasteiger partial charge in [-0.05, 0) is 83.3 Å². The summed E-state index contributed by atoms with van der Waals surface area (Å²) < 4.78 is 7.36. The number of hydrogen-bond donors (Lipinski definition) is 1. The van der Waals surface area contributed by atoms with Crippen LogP contribution in [0.15, 0.2) is 24.3 Å². The molecule has 4 aliphatic rings. The van der Waals surface area contributed by atoms with Gasteiger partial charge in [-0.1, -0.05) is 17.7 Å². The molecule has 2 atom stereocenters. The second kappa shape index (κ2) is 7.62. The van der Waals surface area contributed by atoms with E-state index in [2.05, 4.69) is 10.4 Å². The summed E-state index contributed by atoms with van der Waals surface area (Å²) >= 11 is 6.83. The maximum Gasteiger partial charge on any atom is 0.312 e. The van der Waals surface area contributed by atoms with E-state index in [0.29, 0.717) is 29.6 Å². The summed E-state index contributed by atoms with van der Waals surface area (Å²) in [7, 11) is 0. The van der Waals surface area contributed by atoms with Crippen LogP contribution in [0.3, 0.4) is 0 Å². The second-order valence-electron chi connectivity index (χ2n) is 10.3. The smallest absolute Gasteiger partial charge is 0.312 e. The lowest BCUT2D eigenvalue weighted by molar-refractivity contribution is -0.171. The van der Waals surface area contributed by atoms with Gasteiger partial charge >= 0.3 is 5.97 Å². The molecule has 0 radical (unpaired) electrons. The molecule has 32 heavy (non-hydrogen) atoms. The Balaban J connectivity index is 1.24. The summed E-state index contributed by atoms with van der Waals surface area (Å²) in [5.74, 6) is 0.412. The number of anilines is 1. The molecule has 4 fully saturated rings. The van der Waals surface area contributed by atoms with Crippen molar-refractivity contribution >= 4 is 29.2 Å². The third-order valence-electron chi connectivity index (χ3n) is 7.59. The monoisotopic (exact) mass is 455 g/mol. The number of amides is 1. The SMILES string of the molecule is Cc1ccc(-n2nc(C)c(NC(=O)COC(=O)C34C[C@H]5C[C@@H](CC(Cl)(C5)C3)C4)c2C)cc1. The summed E-state index contributed by atoms with van der Waals surface area (Å²) in [6.45, 7) is 5.51. The number of ether oxygens (including phenoxy) is 1. The number of benzene rings is 1. The van der Waals surface area contributed by atoms with Gasteiger partial charge in [-0.15, -0.1) is 11.6 Å². The molecule has 6 rings (SSSR count). The number of hydrogen-bond acceptors (Lipinski definition) is 4. The van der Waals surface area contributed by atoms with Gasteiger partial charge in [-0.3, -0.25) is 9.59 Å². The Morgan fingerprint density at radius 3 is 2.41 bits per heavy atom. The van der Waals surface area contributed by atoms with E-state index < -0.39 is 5.41 Å². The Bertz CT molecular complexity index is 1060. The van der Waals surface area contributed by atoms with E-state index in [9.17, 15) is 9.59 Å².